The lowest BCUT2D eigenvalue weighted by Gasteiger charge is -2.35. The smallest absolute Gasteiger partial charge is 0.229 e. The molecule has 0 unspecified atom stereocenters. The Morgan fingerprint density at radius 2 is 2.09 bits per heavy atom. The van der Waals surface area contributed by atoms with Crippen LogP contribution in [0.25, 0.3) is 0 Å². The highest BCUT2D eigenvalue weighted by Gasteiger charge is 2.47. The van der Waals surface area contributed by atoms with E-state index in [0.29, 0.717) is 0 Å². The van der Waals surface area contributed by atoms with Crippen molar-refractivity contribution in [2.45, 2.75) is 30.7 Å². The average molecular weight is 342 g/mol. The van der Waals surface area contributed by atoms with E-state index in [0.717, 1.165) is 0 Å². The van der Waals surface area contributed by atoms with Gasteiger partial charge in [0, 0.05) is 12.1 Å². The van der Waals surface area contributed by atoms with Gasteiger partial charge in [0.25, 0.3) is 0 Å². The van der Waals surface area contributed by atoms with Gasteiger partial charge >= 0.3 is 0 Å². The minimum absolute atomic E-state index is 0.00620. The minimum Gasteiger partial charge on any atom is -0.229 e. The molecule has 1 fully saturated rings. The third-order valence-electron chi connectivity index (χ3n) is 3.92. The average Bonchev–Trinajstić information content (AvgIpc) is 2.73. The molecule has 2 rings (SSSR count). The summed E-state index contributed by atoms with van der Waals surface area (Å²) in [6.45, 7) is 3.51. The maximum Gasteiger partial charge on any atom is 0.243 e. The summed E-state index contributed by atoms with van der Waals surface area (Å²) in [5.41, 5.74) is -0.698. The molecule has 1 aromatic rings. The number of hydrogen-bond acceptors (Lipinski definition) is 5. The first-order chi connectivity index (χ1) is 10.1. The number of rotatable bonds is 4. The molecule has 8 heteroatoms. The van der Waals surface area contributed by atoms with Gasteiger partial charge in [-0.3, -0.25) is 0 Å². The maximum absolute atomic E-state index is 12.9. The van der Waals surface area contributed by atoms with Crippen LogP contribution in [0, 0.1) is 11.3 Å². The van der Waals surface area contributed by atoms with E-state index >= 15 is 0 Å². The molecule has 0 amide bonds. The monoisotopic (exact) mass is 342 g/mol. The summed E-state index contributed by atoms with van der Waals surface area (Å²) >= 11 is 0. The molecule has 0 saturated carbocycles. The molecular formula is C14H18N2O4S2. The number of nitrogens with zero attached hydrogens (tertiary/aromatic N) is 2. The van der Waals surface area contributed by atoms with Gasteiger partial charge in [-0.15, -0.1) is 0 Å². The molecule has 1 aliphatic rings. The Labute approximate surface area is 131 Å². The third kappa shape index (κ3) is 3.02. The summed E-state index contributed by atoms with van der Waals surface area (Å²) in [5.74, 6) is -0.182. The van der Waals surface area contributed by atoms with Crippen molar-refractivity contribution in [3.63, 3.8) is 0 Å². The van der Waals surface area contributed by atoms with E-state index < -0.39 is 25.4 Å². The summed E-state index contributed by atoms with van der Waals surface area (Å²) in [5, 5.41) is 8.92. The van der Waals surface area contributed by atoms with Crippen molar-refractivity contribution in [1.29, 1.82) is 5.26 Å². The third-order valence-corrected chi connectivity index (χ3v) is 7.94. The van der Waals surface area contributed by atoms with Crippen LogP contribution >= 0.6 is 0 Å². The van der Waals surface area contributed by atoms with Crippen molar-refractivity contribution in [2.75, 3.05) is 18.1 Å². The summed E-state index contributed by atoms with van der Waals surface area (Å²) in [7, 11) is -7.08. The summed E-state index contributed by atoms with van der Waals surface area (Å²) in [6, 6.07) is 7.67. The topological polar surface area (TPSA) is 95.3 Å². The number of benzene rings is 1. The van der Waals surface area contributed by atoms with Gasteiger partial charge < -0.3 is 0 Å². The molecule has 0 spiro atoms. The number of sulfonamides is 1. The Kier molecular flexibility index (Phi) is 4.35. The van der Waals surface area contributed by atoms with Gasteiger partial charge in [0.2, 0.25) is 10.0 Å². The first-order valence-electron chi connectivity index (χ1n) is 6.88. The second kappa shape index (κ2) is 5.65. The van der Waals surface area contributed by atoms with Crippen LogP contribution in [0.4, 0.5) is 0 Å². The zero-order chi connectivity index (χ0) is 16.6. The van der Waals surface area contributed by atoms with E-state index in [-0.39, 0.29) is 34.9 Å². The molecule has 0 N–H and O–H groups in total. The minimum atomic E-state index is -3.86. The SMILES string of the molecule is CCN([C@]1(C)CCS(=O)(=O)C1)S(=O)(=O)c1cccc(C#N)c1. The van der Waals surface area contributed by atoms with Gasteiger partial charge in [-0.05, 0) is 31.5 Å². The van der Waals surface area contributed by atoms with E-state index in [1.807, 2.05) is 6.07 Å². The van der Waals surface area contributed by atoms with Crippen LogP contribution < -0.4 is 0 Å². The number of sulfone groups is 1. The van der Waals surface area contributed by atoms with Crippen molar-refractivity contribution in [3.05, 3.63) is 29.8 Å². The lowest BCUT2D eigenvalue weighted by molar-refractivity contribution is 0.243. The Morgan fingerprint density at radius 3 is 2.59 bits per heavy atom. The fourth-order valence-corrected chi connectivity index (χ4v) is 6.97. The Balaban J connectivity index is 2.48. The van der Waals surface area contributed by atoms with E-state index in [2.05, 4.69) is 0 Å². The second-order valence-electron chi connectivity index (χ2n) is 5.65. The van der Waals surface area contributed by atoms with Gasteiger partial charge in [0.1, 0.15) is 0 Å². The quantitative estimate of drug-likeness (QED) is 0.818. The standard InChI is InChI=1S/C14H18N2O4S2/c1-3-16(14(2)7-8-21(17,18)11-14)22(19,20)13-6-4-5-12(9-13)10-15/h4-6,9H,3,7-8,11H2,1-2H3/t14-/m1/s1. The molecule has 1 aliphatic heterocycles. The maximum atomic E-state index is 12.9. The number of nitriles is 1. The van der Waals surface area contributed by atoms with Gasteiger partial charge in [-0.2, -0.15) is 9.57 Å². The molecule has 1 saturated heterocycles. The van der Waals surface area contributed by atoms with Gasteiger partial charge in [-0.25, -0.2) is 16.8 Å². The first-order valence-corrected chi connectivity index (χ1v) is 10.1. The van der Waals surface area contributed by atoms with Crippen molar-refractivity contribution < 1.29 is 16.8 Å². The highest BCUT2D eigenvalue weighted by molar-refractivity contribution is 7.92. The zero-order valence-electron chi connectivity index (χ0n) is 12.5. The highest BCUT2D eigenvalue weighted by Crippen LogP contribution is 2.33. The molecule has 0 bridgehead atoms. The van der Waals surface area contributed by atoms with E-state index in [1.54, 1.807) is 13.8 Å². The normalized spacial score (nSPS) is 24.3. The molecule has 0 aliphatic carbocycles. The zero-order valence-corrected chi connectivity index (χ0v) is 14.1. The Hall–Kier alpha value is -1.43. The van der Waals surface area contributed by atoms with Crippen molar-refractivity contribution in [1.82, 2.24) is 4.31 Å². The van der Waals surface area contributed by atoms with Gasteiger partial charge in [-0.1, -0.05) is 13.0 Å². The molecule has 1 aromatic carbocycles. The first kappa shape index (κ1) is 16.9. The van der Waals surface area contributed by atoms with E-state index in [1.165, 1.54) is 28.6 Å². The molecule has 22 heavy (non-hydrogen) atoms. The van der Waals surface area contributed by atoms with Crippen LogP contribution in [0.2, 0.25) is 0 Å². The lowest BCUT2D eigenvalue weighted by atomic mass is 10.0. The second-order valence-corrected chi connectivity index (χ2v) is 9.69. The fraction of sp³-hybridized carbons (Fsp3) is 0.500. The lowest BCUT2D eigenvalue weighted by Crippen LogP contribution is -2.50. The molecule has 0 aromatic heterocycles. The van der Waals surface area contributed by atoms with Gasteiger partial charge in [0.15, 0.2) is 9.84 Å². The van der Waals surface area contributed by atoms with Crippen LogP contribution in [-0.2, 0) is 19.9 Å². The molecule has 120 valence electrons. The Bertz CT molecular complexity index is 825. The van der Waals surface area contributed by atoms with Gasteiger partial charge in [0.05, 0.1) is 28.0 Å². The van der Waals surface area contributed by atoms with Crippen LogP contribution in [0.5, 0.6) is 0 Å². The van der Waals surface area contributed by atoms with E-state index in [4.69, 9.17) is 5.26 Å². The van der Waals surface area contributed by atoms with Crippen LogP contribution in [-0.4, -0.2) is 44.7 Å². The predicted molar refractivity (Wildman–Crippen MR) is 82.4 cm³/mol. The molecular weight excluding hydrogens is 324 g/mol. The Morgan fingerprint density at radius 1 is 1.41 bits per heavy atom. The van der Waals surface area contributed by atoms with Crippen molar-refractivity contribution in [3.8, 4) is 6.07 Å². The molecule has 1 heterocycles. The molecule has 6 nitrogen and oxygen atoms in total. The van der Waals surface area contributed by atoms with Crippen molar-refractivity contribution in [2.24, 2.45) is 0 Å². The van der Waals surface area contributed by atoms with Crippen LogP contribution in [0.1, 0.15) is 25.8 Å². The molecule has 0 radical (unpaired) electrons. The van der Waals surface area contributed by atoms with E-state index in [9.17, 15) is 16.8 Å². The van der Waals surface area contributed by atoms with Crippen LogP contribution in [0.15, 0.2) is 29.2 Å². The van der Waals surface area contributed by atoms with Crippen LogP contribution in [0.3, 0.4) is 0 Å². The highest BCUT2D eigenvalue weighted by atomic mass is 32.2. The summed E-state index contributed by atoms with van der Waals surface area (Å²) in [4.78, 5) is 0.0129. The summed E-state index contributed by atoms with van der Waals surface area (Å²) < 4.78 is 50.5. The predicted octanol–water partition coefficient (Wildman–Crippen LogP) is 1.15. The fourth-order valence-electron chi connectivity index (χ4n) is 2.89. The molecule has 1 atom stereocenters. The summed E-state index contributed by atoms with van der Waals surface area (Å²) in [6.07, 6.45) is 0.278. The largest absolute Gasteiger partial charge is 0.243 e. The number of hydrogen-bond donors (Lipinski definition) is 0. The van der Waals surface area contributed by atoms with Crippen molar-refractivity contribution >= 4 is 19.9 Å².